The summed E-state index contributed by atoms with van der Waals surface area (Å²) in [5.41, 5.74) is 4.44. The number of aryl methyl sites for hydroxylation is 1. The summed E-state index contributed by atoms with van der Waals surface area (Å²) in [5.74, 6) is 1.12. The Hall–Kier alpha value is -1.07. The standard InChI is InChI=1S/C23H37N3S2/c1-3-4-5-6-7-8-9-10-11-12-13-17-22-24-25-23(19-27)26(22)28-21-16-14-15-20(2)18-21/h14-16,18-19,23,25H,3-13,17H2,1-2H3. The van der Waals surface area contributed by atoms with Gasteiger partial charge in [-0.1, -0.05) is 95.5 Å². The molecule has 3 nitrogen and oxygen atoms in total. The molecule has 0 radical (unpaired) electrons. The zero-order valence-corrected chi connectivity index (χ0v) is 19.3. The van der Waals surface area contributed by atoms with Crippen molar-refractivity contribution >= 4 is 35.4 Å². The van der Waals surface area contributed by atoms with Gasteiger partial charge in [-0.25, -0.2) is 0 Å². The lowest BCUT2D eigenvalue weighted by Crippen LogP contribution is -2.35. The number of hydrazone groups is 1. The van der Waals surface area contributed by atoms with Gasteiger partial charge in [-0.15, -0.1) is 0 Å². The van der Waals surface area contributed by atoms with E-state index < -0.39 is 0 Å². The summed E-state index contributed by atoms with van der Waals surface area (Å²) in [5, 5.41) is 6.31. The molecule has 0 saturated heterocycles. The summed E-state index contributed by atoms with van der Waals surface area (Å²) >= 11 is 6.93. The predicted molar refractivity (Wildman–Crippen MR) is 128 cm³/mol. The molecule has 1 N–H and O–H groups in total. The molecule has 1 atom stereocenters. The third-order valence-corrected chi connectivity index (χ3v) is 6.52. The fourth-order valence-electron chi connectivity index (χ4n) is 3.50. The topological polar surface area (TPSA) is 27.6 Å². The molecule has 1 heterocycles. The Morgan fingerprint density at radius 1 is 1.04 bits per heavy atom. The highest BCUT2D eigenvalue weighted by Gasteiger charge is 2.26. The van der Waals surface area contributed by atoms with Gasteiger partial charge in [0.15, 0.2) is 6.17 Å². The maximum absolute atomic E-state index is 5.20. The summed E-state index contributed by atoms with van der Waals surface area (Å²) in [6, 6.07) is 8.59. The first-order chi connectivity index (χ1) is 13.7. The molecule has 1 aromatic carbocycles. The van der Waals surface area contributed by atoms with Crippen molar-refractivity contribution < 1.29 is 0 Å². The molecule has 0 aliphatic carbocycles. The van der Waals surface area contributed by atoms with E-state index in [4.69, 9.17) is 12.2 Å². The van der Waals surface area contributed by atoms with Gasteiger partial charge in [0.05, 0.1) is 0 Å². The maximum atomic E-state index is 5.20. The Labute approximate surface area is 181 Å². The van der Waals surface area contributed by atoms with Crippen LogP contribution >= 0.6 is 24.2 Å². The highest BCUT2D eigenvalue weighted by Crippen LogP contribution is 2.29. The van der Waals surface area contributed by atoms with E-state index in [0.29, 0.717) is 0 Å². The van der Waals surface area contributed by atoms with Crippen LogP contribution in [0.15, 0.2) is 34.3 Å². The molecular weight excluding hydrogens is 382 g/mol. The quantitative estimate of drug-likeness (QED) is 0.184. The Kier molecular flexibility index (Phi) is 11.6. The van der Waals surface area contributed by atoms with Crippen molar-refractivity contribution in [2.24, 2.45) is 5.10 Å². The van der Waals surface area contributed by atoms with Crippen LogP contribution in [-0.2, 0) is 0 Å². The summed E-state index contributed by atoms with van der Waals surface area (Å²) < 4.78 is 2.23. The van der Waals surface area contributed by atoms with Gasteiger partial charge < -0.3 is 0 Å². The molecule has 0 amide bonds. The van der Waals surface area contributed by atoms with Crippen molar-refractivity contribution in [2.75, 3.05) is 0 Å². The molecule has 0 saturated carbocycles. The van der Waals surface area contributed by atoms with Gasteiger partial charge in [0.1, 0.15) is 5.84 Å². The van der Waals surface area contributed by atoms with Crippen LogP contribution in [0.4, 0.5) is 0 Å². The number of amidine groups is 1. The summed E-state index contributed by atoms with van der Waals surface area (Å²) in [4.78, 5) is 1.23. The normalized spacial score (nSPS) is 16.1. The molecule has 1 aliphatic rings. The Balaban J connectivity index is 1.62. The lowest BCUT2D eigenvalue weighted by atomic mass is 10.1. The van der Waals surface area contributed by atoms with E-state index in [1.165, 1.54) is 81.1 Å². The van der Waals surface area contributed by atoms with E-state index in [1.807, 2.05) is 0 Å². The third kappa shape index (κ3) is 8.52. The lowest BCUT2D eigenvalue weighted by Gasteiger charge is -2.23. The average molecular weight is 420 g/mol. The average Bonchev–Trinajstić information content (AvgIpc) is 3.07. The van der Waals surface area contributed by atoms with Gasteiger partial charge in [-0.05, 0) is 43.0 Å². The minimum atomic E-state index is 0.00298. The number of hydrogen-bond acceptors (Lipinski definition) is 5. The minimum Gasteiger partial charge on any atom is -0.281 e. The van der Waals surface area contributed by atoms with Crippen LogP contribution in [0, 0.1) is 6.92 Å². The predicted octanol–water partition coefficient (Wildman–Crippen LogP) is 7.25. The molecule has 0 aromatic heterocycles. The molecular formula is C23H37N3S2. The fourth-order valence-corrected chi connectivity index (χ4v) is 4.82. The van der Waals surface area contributed by atoms with Gasteiger partial charge >= 0.3 is 0 Å². The Morgan fingerprint density at radius 2 is 1.68 bits per heavy atom. The van der Waals surface area contributed by atoms with E-state index in [0.717, 1.165) is 12.3 Å². The van der Waals surface area contributed by atoms with Crippen LogP contribution in [0.1, 0.15) is 89.5 Å². The van der Waals surface area contributed by atoms with Crippen LogP contribution < -0.4 is 5.43 Å². The minimum absolute atomic E-state index is 0.00298. The highest BCUT2D eigenvalue weighted by molar-refractivity contribution is 7.97. The molecule has 1 aliphatic heterocycles. The fraction of sp³-hybridized carbons (Fsp3) is 0.652. The molecule has 0 bridgehead atoms. The molecule has 0 fully saturated rings. The van der Waals surface area contributed by atoms with E-state index >= 15 is 0 Å². The molecule has 2 rings (SSSR count). The molecule has 28 heavy (non-hydrogen) atoms. The summed E-state index contributed by atoms with van der Waals surface area (Å²) in [6.07, 6.45) is 16.1. The Morgan fingerprint density at radius 3 is 2.29 bits per heavy atom. The van der Waals surface area contributed by atoms with Gasteiger partial charge in [0.25, 0.3) is 0 Å². The Bertz CT molecular complexity index is 603. The van der Waals surface area contributed by atoms with E-state index in [-0.39, 0.29) is 6.17 Å². The van der Waals surface area contributed by atoms with Gasteiger partial charge in [-0.3, -0.25) is 9.73 Å². The van der Waals surface area contributed by atoms with Crippen molar-refractivity contribution in [1.82, 2.24) is 9.73 Å². The van der Waals surface area contributed by atoms with E-state index in [1.54, 1.807) is 17.3 Å². The van der Waals surface area contributed by atoms with Crippen LogP contribution in [0.5, 0.6) is 0 Å². The largest absolute Gasteiger partial charge is 0.281 e. The van der Waals surface area contributed by atoms with Crippen molar-refractivity contribution in [3.8, 4) is 0 Å². The highest BCUT2D eigenvalue weighted by atomic mass is 32.2. The van der Waals surface area contributed by atoms with Crippen LogP contribution in [-0.4, -0.2) is 21.7 Å². The molecule has 156 valence electrons. The maximum Gasteiger partial charge on any atom is 0.156 e. The molecule has 1 aromatic rings. The van der Waals surface area contributed by atoms with Gasteiger partial charge in [-0.2, -0.15) is 5.10 Å². The van der Waals surface area contributed by atoms with Crippen LogP contribution in [0.25, 0.3) is 0 Å². The van der Waals surface area contributed by atoms with Crippen LogP contribution in [0.3, 0.4) is 0 Å². The number of hydrogen-bond donors (Lipinski definition) is 1. The number of thiocarbonyl (C=S) groups is 1. The molecule has 5 heteroatoms. The second-order valence-corrected chi connectivity index (χ2v) is 9.08. The number of rotatable bonds is 15. The zero-order valence-electron chi connectivity index (χ0n) is 17.7. The number of nitrogens with zero attached hydrogens (tertiary/aromatic N) is 2. The molecule has 0 spiro atoms. The van der Waals surface area contributed by atoms with Crippen molar-refractivity contribution in [3.05, 3.63) is 29.8 Å². The molecule has 1 unspecified atom stereocenters. The first-order valence-corrected chi connectivity index (χ1v) is 12.3. The van der Waals surface area contributed by atoms with Crippen molar-refractivity contribution in [2.45, 2.75) is 102 Å². The second kappa shape index (κ2) is 14.0. The summed E-state index contributed by atoms with van der Waals surface area (Å²) in [6.45, 7) is 4.41. The van der Waals surface area contributed by atoms with E-state index in [9.17, 15) is 0 Å². The summed E-state index contributed by atoms with van der Waals surface area (Å²) in [7, 11) is 0. The van der Waals surface area contributed by atoms with Crippen molar-refractivity contribution in [3.63, 3.8) is 0 Å². The number of benzene rings is 1. The first kappa shape index (κ1) is 23.2. The second-order valence-electron chi connectivity index (χ2n) is 7.76. The first-order valence-electron chi connectivity index (χ1n) is 11.1. The SMILES string of the molecule is CCCCCCCCCCCCCC1=NNC(C=S)N1Sc1cccc(C)c1. The van der Waals surface area contributed by atoms with Crippen LogP contribution in [0.2, 0.25) is 0 Å². The lowest BCUT2D eigenvalue weighted by molar-refractivity contribution is 0.544. The number of nitrogens with one attached hydrogen (secondary N) is 1. The zero-order chi connectivity index (χ0) is 20.0. The smallest absolute Gasteiger partial charge is 0.156 e. The third-order valence-electron chi connectivity index (χ3n) is 5.16. The van der Waals surface area contributed by atoms with Gasteiger partial charge in [0, 0.05) is 16.7 Å². The van der Waals surface area contributed by atoms with Crippen molar-refractivity contribution in [1.29, 1.82) is 0 Å². The monoisotopic (exact) mass is 419 g/mol. The van der Waals surface area contributed by atoms with Gasteiger partial charge in [0.2, 0.25) is 0 Å². The number of unbranched alkanes of at least 4 members (excludes halogenated alkanes) is 10. The van der Waals surface area contributed by atoms with E-state index in [2.05, 4.69) is 52.9 Å².